The lowest BCUT2D eigenvalue weighted by molar-refractivity contribution is 0.139. The van der Waals surface area contributed by atoms with Gasteiger partial charge in [0.1, 0.15) is 5.69 Å². The van der Waals surface area contributed by atoms with Gasteiger partial charge in [0.15, 0.2) is 0 Å². The molecule has 1 aromatic heterocycles. The number of aromatic nitrogens is 3. The van der Waals surface area contributed by atoms with Crippen LogP contribution in [0.1, 0.15) is 52.3 Å². The monoisotopic (exact) mass is 467 g/mol. The van der Waals surface area contributed by atoms with E-state index in [1.165, 1.54) is 0 Å². The minimum Gasteiger partial charge on any atom is -0.450 e. The lowest BCUT2D eigenvalue weighted by Gasteiger charge is -2.31. The van der Waals surface area contributed by atoms with E-state index in [1.54, 1.807) is 6.08 Å². The van der Waals surface area contributed by atoms with Gasteiger partial charge in [-0.1, -0.05) is 56.0 Å². The second-order valence-electron chi connectivity index (χ2n) is 9.70. The van der Waals surface area contributed by atoms with Crippen molar-refractivity contribution in [3.05, 3.63) is 53.9 Å². The van der Waals surface area contributed by atoms with Crippen LogP contribution in [-0.4, -0.2) is 57.4 Å². The van der Waals surface area contributed by atoms with Gasteiger partial charge in [-0.3, -0.25) is 0 Å². The SMILES string of the molecule is C=C/C1=C(\C)N(CCNC(=O)OCCC(C)C)Cc2ccccc2-c2c1nnn2C(C)(C)CO. The Morgan fingerprint density at radius 1 is 1.35 bits per heavy atom. The number of carbonyl (C=O) groups excluding carboxylic acids is 1. The zero-order chi connectivity index (χ0) is 24.9. The van der Waals surface area contributed by atoms with Crippen LogP contribution >= 0.6 is 0 Å². The number of ether oxygens (including phenoxy) is 1. The fourth-order valence-corrected chi connectivity index (χ4v) is 3.97. The smallest absolute Gasteiger partial charge is 0.407 e. The maximum Gasteiger partial charge on any atom is 0.407 e. The third-order valence-electron chi connectivity index (χ3n) is 6.17. The van der Waals surface area contributed by atoms with E-state index < -0.39 is 11.6 Å². The molecule has 0 unspecified atom stereocenters. The molecular weight excluding hydrogens is 430 g/mol. The largest absolute Gasteiger partial charge is 0.450 e. The molecule has 34 heavy (non-hydrogen) atoms. The lowest BCUT2D eigenvalue weighted by atomic mass is 9.94. The first-order valence-electron chi connectivity index (χ1n) is 11.8. The van der Waals surface area contributed by atoms with Crippen LogP contribution in [0, 0.1) is 5.92 Å². The summed E-state index contributed by atoms with van der Waals surface area (Å²) >= 11 is 0. The number of alkyl carbamates (subject to hydrolysis) is 1. The number of fused-ring (bicyclic) bond motifs is 3. The molecule has 1 amide bonds. The summed E-state index contributed by atoms with van der Waals surface area (Å²) in [6.45, 7) is 16.2. The van der Waals surface area contributed by atoms with Crippen molar-refractivity contribution in [2.24, 2.45) is 5.92 Å². The molecule has 0 radical (unpaired) electrons. The van der Waals surface area contributed by atoms with E-state index in [0.29, 0.717) is 32.2 Å². The van der Waals surface area contributed by atoms with Crippen molar-refractivity contribution >= 4 is 11.7 Å². The Labute approximate surface area is 202 Å². The summed E-state index contributed by atoms with van der Waals surface area (Å²) in [5.74, 6) is 0.491. The summed E-state index contributed by atoms with van der Waals surface area (Å²) in [4.78, 5) is 14.3. The number of aliphatic hydroxyl groups is 1. The second kappa shape index (κ2) is 10.9. The molecule has 2 N–H and O–H groups in total. The molecule has 1 aromatic carbocycles. The number of allylic oxidation sites excluding steroid dienone is 3. The van der Waals surface area contributed by atoms with E-state index >= 15 is 0 Å². The van der Waals surface area contributed by atoms with Crippen LogP contribution in [0.3, 0.4) is 0 Å². The van der Waals surface area contributed by atoms with Crippen molar-refractivity contribution in [2.75, 3.05) is 26.3 Å². The van der Waals surface area contributed by atoms with Gasteiger partial charge in [-0.25, -0.2) is 9.48 Å². The van der Waals surface area contributed by atoms with E-state index in [9.17, 15) is 9.90 Å². The highest BCUT2D eigenvalue weighted by Gasteiger charge is 2.31. The number of hydrogen-bond donors (Lipinski definition) is 2. The quantitative estimate of drug-likeness (QED) is 0.575. The van der Waals surface area contributed by atoms with E-state index in [4.69, 9.17) is 4.74 Å². The molecule has 1 aliphatic heterocycles. The van der Waals surface area contributed by atoms with Gasteiger partial charge in [0.05, 0.1) is 24.4 Å². The first-order chi connectivity index (χ1) is 16.2. The van der Waals surface area contributed by atoms with Crippen LogP contribution in [0.25, 0.3) is 16.8 Å². The lowest BCUT2D eigenvalue weighted by Crippen LogP contribution is -2.35. The highest BCUT2D eigenvalue weighted by molar-refractivity contribution is 5.84. The summed E-state index contributed by atoms with van der Waals surface area (Å²) in [5.41, 5.74) is 4.98. The molecule has 0 bridgehead atoms. The van der Waals surface area contributed by atoms with Crippen molar-refractivity contribution in [2.45, 2.75) is 53.1 Å². The van der Waals surface area contributed by atoms with Crippen LogP contribution in [0.2, 0.25) is 0 Å². The Bertz CT molecular complexity index is 1050. The molecule has 184 valence electrons. The summed E-state index contributed by atoms with van der Waals surface area (Å²) in [6.07, 6.45) is 2.25. The van der Waals surface area contributed by atoms with Gasteiger partial charge >= 0.3 is 6.09 Å². The van der Waals surface area contributed by atoms with Crippen LogP contribution in [0.4, 0.5) is 4.79 Å². The molecule has 0 aliphatic carbocycles. The van der Waals surface area contributed by atoms with Crippen LogP contribution in [0.15, 0.2) is 42.6 Å². The molecule has 2 aromatic rings. The highest BCUT2D eigenvalue weighted by atomic mass is 16.5. The number of rotatable bonds is 9. The van der Waals surface area contributed by atoms with E-state index in [1.807, 2.05) is 37.6 Å². The maximum atomic E-state index is 12.1. The van der Waals surface area contributed by atoms with E-state index in [-0.39, 0.29) is 6.61 Å². The van der Waals surface area contributed by atoms with E-state index in [0.717, 1.165) is 40.2 Å². The molecule has 2 heterocycles. The average molecular weight is 468 g/mol. The van der Waals surface area contributed by atoms with Crippen molar-refractivity contribution < 1.29 is 14.6 Å². The third-order valence-corrected chi connectivity index (χ3v) is 6.17. The molecule has 1 aliphatic rings. The van der Waals surface area contributed by atoms with Crippen LogP contribution < -0.4 is 5.32 Å². The molecular formula is C26H37N5O3. The highest BCUT2D eigenvalue weighted by Crippen LogP contribution is 2.38. The number of aliphatic hydroxyl groups excluding tert-OH is 1. The third kappa shape index (κ3) is 5.50. The van der Waals surface area contributed by atoms with E-state index in [2.05, 4.69) is 53.1 Å². The van der Waals surface area contributed by atoms with Crippen molar-refractivity contribution in [3.63, 3.8) is 0 Å². The Kier molecular flexibility index (Phi) is 8.15. The van der Waals surface area contributed by atoms with Crippen LogP contribution in [0.5, 0.6) is 0 Å². The number of carbonyl (C=O) groups is 1. The zero-order valence-corrected chi connectivity index (χ0v) is 21.0. The van der Waals surface area contributed by atoms with Crippen molar-refractivity contribution in [1.29, 1.82) is 0 Å². The predicted molar refractivity (Wildman–Crippen MR) is 134 cm³/mol. The minimum absolute atomic E-state index is 0.0673. The average Bonchev–Trinajstić information content (AvgIpc) is 3.23. The van der Waals surface area contributed by atoms with Gasteiger partial charge < -0.3 is 20.1 Å². The number of nitrogens with one attached hydrogen (secondary N) is 1. The second-order valence-corrected chi connectivity index (χ2v) is 9.70. The fourth-order valence-electron chi connectivity index (χ4n) is 3.97. The number of amides is 1. The minimum atomic E-state index is -0.618. The topological polar surface area (TPSA) is 92.5 Å². The first-order valence-corrected chi connectivity index (χ1v) is 11.8. The summed E-state index contributed by atoms with van der Waals surface area (Å²) < 4.78 is 7.07. The molecule has 0 saturated carbocycles. The van der Waals surface area contributed by atoms with Gasteiger partial charge in [0, 0.05) is 36.5 Å². The standard InChI is InChI=1S/C26H37N5O3/c1-7-21-19(4)30(14-13-27-25(33)34-15-12-18(2)3)16-20-10-8-9-11-22(20)24-23(21)28-29-31(24)26(5,6)17-32/h7-11,18,32H,1,12-17H2,2-6H3,(H,27,33)/b21-19-. The molecule has 0 saturated heterocycles. The van der Waals surface area contributed by atoms with Gasteiger partial charge in [-0.15, -0.1) is 5.10 Å². The predicted octanol–water partition coefficient (Wildman–Crippen LogP) is 4.18. The number of benzene rings is 1. The molecule has 0 atom stereocenters. The van der Waals surface area contributed by atoms with Crippen molar-refractivity contribution in [3.8, 4) is 11.3 Å². The van der Waals surface area contributed by atoms with Gasteiger partial charge in [0.2, 0.25) is 0 Å². The normalized spacial score (nSPS) is 15.9. The van der Waals surface area contributed by atoms with Gasteiger partial charge in [0.25, 0.3) is 0 Å². The molecule has 8 heteroatoms. The molecule has 0 spiro atoms. The zero-order valence-electron chi connectivity index (χ0n) is 21.0. The van der Waals surface area contributed by atoms with Gasteiger partial charge in [-0.05, 0) is 38.7 Å². The van der Waals surface area contributed by atoms with Gasteiger partial charge in [-0.2, -0.15) is 0 Å². The molecule has 3 rings (SSSR count). The maximum absolute atomic E-state index is 12.1. The summed E-state index contributed by atoms with van der Waals surface area (Å²) in [7, 11) is 0. The fraction of sp³-hybridized carbons (Fsp3) is 0.500. The Hall–Kier alpha value is -3.13. The Morgan fingerprint density at radius 2 is 2.09 bits per heavy atom. The Balaban J connectivity index is 1.92. The van der Waals surface area contributed by atoms with Crippen LogP contribution in [-0.2, 0) is 16.8 Å². The van der Waals surface area contributed by atoms with Crippen molar-refractivity contribution in [1.82, 2.24) is 25.2 Å². The number of nitrogens with zero attached hydrogens (tertiary/aromatic N) is 4. The molecule has 8 nitrogen and oxygen atoms in total. The first kappa shape index (κ1) is 25.5. The molecule has 0 fully saturated rings. The summed E-state index contributed by atoms with van der Waals surface area (Å²) in [5, 5.41) is 21.8. The number of hydrogen-bond acceptors (Lipinski definition) is 6. The Morgan fingerprint density at radius 3 is 2.76 bits per heavy atom. The summed E-state index contributed by atoms with van der Waals surface area (Å²) in [6, 6.07) is 8.17.